The molecule has 172 valence electrons. The fourth-order valence-corrected chi connectivity index (χ4v) is 3.68. The molecule has 0 spiro atoms. The van der Waals surface area contributed by atoms with Gasteiger partial charge in [-0.05, 0) is 36.4 Å². The summed E-state index contributed by atoms with van der Waals surface area (Å²) in [5.74, 6) is -0.697. The fourth-order valence-electron chi connectivity index (χ4n) is 3.68. The number of halogens is 3. The Morgan fingerprint density at radius 1 is 1.12 bits per heavy atom. The summed E-state index contributed by atoms with van der Waals surface area (Å²) < 4.78 is 38.4. The first kappa shape index (κ1) is 23.5. The van der Waals surface area contributed by atoms with Crippen LogP contribution in [-0.2, 0) is 6.18 Å². The van der Waals surface area contributed by atoms with Gasteiger partial charge in [-0.1, -0.05) is 6.07 Å². The number of piperazine rings is 1. The molecule has 0 radical (unpaired) electrons. The van der Waals surface area contributed by atoms with Crippen molar-refractivity contribution in [2.75, 3.05) is 56.2 Å². The van der Waals surface area contributed by atoms with Gasteiger partial charge in [0.2, 0.25) is 0 Å². The first-order valence-electron chi connectivity index (χ1n) is 9.94. The third-order valence-corrected chi connectivity index (χ3v) is 5.44. The van der Waals surface area contributed by atoms with Crippen molar-refractivity contribution >= 4 is 23.0 Å². The molecule has 2 aromatic rings. The maximum Gasteiger partial charge on any atom is 0.416 e. The van der Waals surface area contributed by atoms with Crippen molar-refractivity contribution in [2.24, 2.45) is 0 Å². The van der Waals surface area contributed by atoms with Crippen LogP contribution in [0.3, 0.4) is 0 Å². The number of hydrogen-bond acceptors (Lipinski definition) is 6. The van der Waals surface area contributed by atoms with Crippen molar-refractivity contribution < 1.29 is 28.0 Å². The molecule has 3 rings (SSSR count). The Bertz CT molecular complexity index is 974. The average Bonchev–Trinajstić information content (AvgIpc) is 2.77. The van der Waals surface area contributed by atoms with Crippen molar-refractivity contribution in [3.63, 3.8) is 0 Å². The first-order chi connectivity index (χ1) is 15.1. The molecule has 1 N–H and O–H groups in total. The van der Waals surface area contributed by atoms with Gasteiger partial charge in [0, 0.05) is 45.5 Å². The van der Waals surface area contributed by atoms with Gasteiger partial charge in [0.1, 0.15) is 11.3 Å². The van der Waals surface area contributed by atoms with Gasteiger partial charge in [-0.25, -0.2) is 0 Å². The van der Waals surface area contributed by atoms with Gasteiger partial charge in [-0.2, -0.15) is 13.2 Å². The molecule has 1 fully saturated rings. The maximum absolute atomic E-state index is 13.1. The number of carbonyl (C=O) groups excluding carboxylic acids is 1. The molecule has 0 unspecified atom stereocenters. The lowest BCUT2D eigenvalue weighted by Gasteiger charge is -2.35. The summed E-state index contributed by atoms with van der Waals surface area (Å²) >= 11 is 0. The topological polar surface area (TPSA) is 90.2 Å². The highest BCUT2D eigenvalue weighted by Crippen LogP contribution is 2.35. The average molecular weight is 452 g/mol. The maximum atomic E-state index is 13.1. The lowest BCUT2D eigenvalue weighted by molar-refractivity contribution is -0.384. The molecule has 32 heavy (non-hydrogen) atoms. The zero-order valence-electron chi connectivity index (χ0n) is 17.4. The molecule has 1 aliphatic heterocycles. The van der Waals surface area contributed by atoms with Gasteiger partial charge < -0.3 is 14.9 Å². The first-order valence-corrected chi connectivity index (χ1v) is 9.94. The van der Waals surface area contributed by atoms with Crippen LogP contribution < -0.4 is 9.80 Å². The molecule has 0 atom stereocenters. The highest BCUT2D eigenvalue weighted by atomic mass is 19.4. The zero-order chi connectivity index (χ0) is 23.5. The lowest BCUT2D eigenvalue weighted by Crippen LogP contribution is -2.47. The Morgan fingerprint density at radius 2 is 1.75 bits per heavy atom. The van der Waals surface area contributed by atoms with Crippen LogP contribution in [0.1, 0.15) is 15.9 Å². The number of aliphatic hydroxyl groups is 1. The van der Waals surface area contributed by atoms with Gasteiger partial charge >= 0.3 is 11.9 Å². The Morgan fingerprint density at radius 3 is 2.28 bits per heavy atom. The largest absolute Gasteiger partial charge is 0.416 e. The molecule has 11 heteroatoms. The van der Waals surface area contributed by atoms with E-state index in [1.807, 2.05) is 9.80 Å². The van der Waals surface area contributed by atoms with Gasteiger partial charge in [0.05, 0.1) is 17.1 Å². The van der Waals surface area contributed by atoms with Gasteiger partial charge in [-0.15, -0.1) is 0 Å². The molecule has 0 saturated carbocycles. The number of alkyl halides is 3. The van der Waals surface area contributed by atoms with Crippen LogP contribution >= 0.6 is 0 Å². The van der Waals surface area contributed by atoms with E-state index in [-0.39, 0.29) is 23.5 Å². The molecule has 1 aliphatic rings. The van der Waals surface area contributed by atoms with Gasteiger partial charge in [0.25, 0.3) is 5.91 Å². The number of aliphatic hydroxyl groups excluding tert-OH is 1. The number of β-amino-alcohol motifs (C(OH)–C–C–N with tert-alkyl or cyclic N) is 1. The minimum absolute atomic E-state index is 0.0282. The summed E-state index contributed by atoms with van der Waals surface area (Å²) in [6.07, 6.45) is -4.50. The van der Waals surface area contributed by atoms with E-state index < -0.39 is 22.6 Å². The van der Waals surface area contributed by atoms with Crippen LogP contribution in [0.5, 0.6) is 0 Å². The number of para-hydroxylation sites is 1. The van der Waals surface area contributed by atoms with Crippen molar-refractivity contribution in [3.8, 4) is 0 Å². The highest BCUT2D eigenvalue weighted by Gasteiger charge is 2.32. The van der Waals surface area contributed by atoms with Crippen molar-refractivity contribution in [3.05, 3.63) is 63.7 Å². The van der Waals surface area contributed by atoms with Gasteiger partial charge in [0.15, 0.2) is 0 Å². The second-order valence-corrected chi connectivity index (χ2v) is 7.39. The fraction of sp³-hybridized carbons (Fsp3) is 0.381. The van der Waals surface area contributed by atoms with E-state index in [0.29, 0.717) is 38.4 Å². The predicted octanol–water partition coefficient (Wildman–Crippen LogP) is 3.00. The van der Waals surface area contributed by atoms with Crippen molar-refractivity contribution in [2.45, 2.75) is 6.18 Å². The number of amides is 1. The monoisotopic (exact) mass is 452 g/mol. The Kier molecular flexibility index (Phi) is 6.99. The summed E-state index contributed by atoms with van der Waals surface area (Å²) in [4.78, 5) is 29.3. The second-order valence-electron chi connectivity index (χ2n) is 7.39. The number of hydrogen-bond donors (Lipinski definition) is 1. The van der Waals surface area contributed by atoms with E-state index in [1.165, 1.54) is 13.1 Å². The summed E-state index contributed by atoms with van der Waals surface area (Å²) in [6, 6.07) is 8.48. The van der Waals surface area contributed by atoms with E-state index in [0.717, 1.165) is 29.2 Å². The number of nitro groups is 1. The number of carbonyl (C=O) groups is 1. The van der Waals surface area contributed by atoms with Crippen molar-refractivity contribution in [1.82, 2.24) is 4.90 Å². The summed E-state index contributed by atoms with van der Waals surface area (Å²) in [5.41, 5.74) is -0.847. The molecule has 0 bridgehead atoms. The van der Waals surface area contributed by atoms with Gasteiger partial charge in [-0.3, -0.25) is 19.8 Å². The second kappa shape index (κ2) is 9.53. The summed E-state index contributed by atoms with van der Waals surface area (Å²) in [7, 11) is 1.36. The van der Waals surface area contributed by atoms with Crippen LogP contribution in [0.25, 0.3) is 0 Å². The molecule has 1 heterocycles. The summed E-state index contributed by atoms with van der Waals surface area (Å²) in [6.45, 7) is 2.76. The van der Waals surface area contributed by atoms with E-state index >= 15 is 0 Å². The Hall–Kier alpha value is -3.18. The number of rotatable bonds is 6. The summed E-state index contributed by atoms with van der Waals surface area (Å²) in [5, 5.41) is 21.0. The molecule has 0 aromatic heterocycles. The number of benzene rings is 2. The molecule has 1 saturated heterocycles. The standard InChI is InChI=1S/C21H23F3N4O4/c1-25(16-7-5-15(6-8-16)21(22,23)24)20(30)17-3-2-4-18(19(17)28(31)32)27-11-9-26(10-12-27)13-14-29/h2-8,29H,9-14H2,1H3. The van der Waals surface area contributed by atoms with Crippen LogP contribution in [-0.4, -0.2) is 67.2 Å². The van der Waals surface area contributed by atoms with Crippen LogP contribution in [0.15, 0.2) is 42.5 Å². The highest BCUT2D eigenvalue weighted by molar-refractivity contribution is 6.09. The molecule has 2 aromatic carbocycles. The Balaban J connectivity index is 1.88. The lowest BCUT2D eigenvalue weighted by atomic mass is 10.1. The number of nitrogens with zero attached hydrogens (tertiary/aromatic N) is 4. The van der Waals surface area contributed by atoms with E-state index in [9.17, 15) is 28.1 Å². The smallest absolute Gasteiger partial charge is 0.395 e. The van der Waals surface area contributed by atoms with Crippen molar-refractivity contribution in [1.29, 1.82) is 0 Å². The van der Waals surface area contributed by atoms with E-state index in [2.05, 4.69) is 0 Å². The molecule has 8 nitrogen and oxygen atoms in total. The zero-order valence-corrected chi connectivity index (χ0v) is 17.4. The quantitative estimate of drug-likeness (QED) is 0.535. The third-order valence-electron chi connectivity index (χ3n) is 5.44. The molecule has 1 amide bonds. The SMILES string of the molecule is CN(C(=O)c1cccc(N2CCN(CCO)CC2)c1[N+](=O)[O-])c1ccc(C(F)(F)F)cc1. The van der Waals surface area contributed by atoms with E-state index in [4.69, 9.17) is 5.11 Å². The third kappa shape index (κ3) is 5.00. The van der Waals surface area contributed by atoms with E-state index in [1.54, 1.807) is 12.1 Å². The van der Waals surface area contributed by atoms with Crippen LogP contribution in [0, 0.1) is 10.1 Å². The number of nitro benzene ring substituents is 1. The minimum atomic E-state index is -4.50. The van der Waals surface area contributed by atoms with Crippen LogP contribution in [0.2, 0.25) is 0 Å². The van der Waals surface area contributed by atoms with Crippen LogP contribution in [0.4, 0.5) is 30.2 Å². The Labute approximate surface area is 182 Å². The molecule has 0 aliphatic carbocycles. The molecular weight excluding hydrogens is 429 g/mol. The predicted molar refractivity (Wildman–Crippen MR) is 113 cm³/mol. The molecular formula is C21H23F3N4O4. The minimum Gasteiger partial charge on any atom is -0.395 e. The number of anilines is 2. The normalized spacial score (nSPS) is 15.0.